The number of carbonyl (C=O) groups excluding carboxylic acids is 2. The number of hydrogen-bond acceptors (Lipinski definition) is 8. The molecule has 234 valence electrons. The molecule has 0 radical (unpaired) electrons. The Morgan fingerprint density at radius 3 is 2.47 bits per heavy atom. The average molecular weight is 632 g/mol. The van der Waals surface area contributed by atoms with Crippen molar-refractivity contribution < 1.29 is 45.4 Å². The van der Waals surface area contributed by atoms with Gasteiger partial charge in [0.25, 0.3) is 11.5 Å². The lowest BCUT2D eigenvalue weighted by Gasteiger charge is -2.28. The van der Waals surface area contributed by atoms with Crippen molar-refractivity contribution >= 4 is 28.5 Å². The van der Waals surface area contributed by atoms with Gasteiger partial charge >= 0.3 is 12.5 Å². The summed E-state index contributed by atoms with van der Waals surface area (Å²) in [6.07, 6.45) is -8.69. The molecule has 0 spiro atoms. The molecule has 4 aromatic rings. The molecule has 0 fully saturated rings. The average Bonchev–Trinajstić information content (AvgIpc) is 3.54. The van der Waals surface area contributed by atoms with E-state index in [9.17, 15) is 41.6 Å². The summed E-state index contributed by atoms with van der Waals surface area (Å²) in [5.41, 5.74) is -3.34. The molecule has 0 aliphatic carbocycles. The van der Waals surface area contributed by atoms with E-state index in [4.69, 9.17) is 4.42 Å². The molecule has 0 saturated carbocycles. The maximum absolute atomic E-state index is 13.5. The van der Waals surface area contributed by atoms with E-state index >= 15 is 0 Å². The summed E-state index contributed by atoms with van der Waals surface area (Å²) in [4.78, 5) is 40.9. The van der Waals surface area contributed by atoms with E-state index in [1.165, 1.54) is 47.4 Å². The van der Waals surface area contributed by atoms with Crippen molar-refractivity contribution in [1.82, 2.24) is 15.1 Å². The Balaban J connectivity index is 1.56. The normalized spacial score (nSPS) is 13.8. The van der Waals surface area contributed by atoms with E-state index in [0.29, 0.717) is 0 Å². The topological polar surface area (TPSA) is 140 Å². The fraction of sp³-hybridized carbons (Fsp3) is 0.276. The number of nitrogens with zero attached hydrogens (tertiary/aromatic N) is 4. The molecule has 1 N–H and O–H groups in total. The highest BCUT2D eigenvalue weighted by Gasteiger charge is 2.49. The number of likely N-dealkylation sites (N-methyl/N-ethyl adjacent to an activating group) is 1. The van der Waals surface area contributed by atoms with E-state index < -0.39 is 47.7 Å². The molecule has 2 aromatic carbocycles. The van der Waals surface area contributed by atoms with Crippen LogP contribution in [0.3, 0.4) is 0 Å². The predicted octanol–water partition coefficient (Wildman–Crippen LogP) is 4.97. The molecule has 2 amide bonds. The third-order valence-electron chi connectivity index (χ3n) is 6.86. The number of furan rings is 1. The predicted molar refractivity (Wildman–Crippen MR) is 147 cm³/mol. The Morgan fingerprint density at radius 2 is 1.80 bits per heavy atom. The smallest absolute Gasteiger partial charge is 0.448 e. The van der Waals surface area contributed by atoms with Gasteiger partial charge in [-0.1, -0.05) is 12.1 Å². The number of carbonyl (C=O) groups is 2. The first-order chi connectivity index (χ1) is 21.0. The van der Waals surface area contributed by atoms with E-state index in [2.05, 4.69) is 14.6 Å². The number of benzene rings is 2. The summed E-state index contributed by atoms with van der Waals surface area (Å²) in [6.45, 7) is 2.44. The van der Waals surface area contributed by atoms with Crippen molar-refractivity contribution in [2.24, 2.45) is 0 Å². The minimum atomic E-state index is -4.81. The van der Waals surface area contributed by atoms with Crippen LogP contribution in [0.1, 0.15) is 36.9 Å². The van der Waals surface area contributed by atoms with Crippen LogP contribution in [0.5, 0.6) is 11.5 Å². The first-order valence-electron chi connectivity index (χ1n) is 13.2. The zero-order chi connectivity index (χ0) is 32.9. The van der Waals surface area contributed by atoms with E-state index in [-0.39, 0.29) is 51.5 Å². The Bertz CT molecular complexity index is 1940. The first-order valence-corrected chi connectivity index (χ1v) is 13.2. The molecule has 1 aliphatic heterocycles. The summed E-state index contributed by atoms with van der Waals surface area (Å²) < 4.78 is 82.4. The molecule has 3 heterocycles. The molecule has 2 aromatic heterocycles. The molecule has 0 bridgehead atoms. The van der Waals surface area contributed by atoms with Crippen LogP contribution in [0.4, 0.5) is 27.6 Å². The van der Waals surface area contributed by atoms with Gasteiger partial charge in [0.05, 0.1) is 17.0 Å². The van der Waals surface area contributed by atoms with Crippen LogP contribution >= 0.6 is 0 Å². The Morgan fingerprint density at radius 1 is 1.09 bits per heavy atom. The van der Waals surface area contributed by atoms with Gasteiger partial charge in [0.15, 0.2) is 22.8 Å². The second kappa shape index (κ2) is 10.9. The number of ether oxygens (including phenoxy) is 2. The molecule has 45 heavy (non-hydrogen) atoms. The van der Waals surface area contributed by atoms with Crippen molar-refractivity contribution in [3.05, 3.63) is 70.2 Å². The quantitative estimate of drug-likeness (QED) is 0.282. The molecule has 1 aliphatic rings. The largest absolute Gasteiger partial charge is 0.586 e. The number of halogens is 5. The van der Waals surface area contributed by atoms with Gasteiger partial charge < -0.3 is 24.1 Å². The van der Waals surface area contributed by atoms with Crippen LogP contribution in [0, 0.1) is 11.3 Å². The SMILES string of the molecule is CCN(C(=O)Cn1nc(-c2cccc(C#N)c2)c2oc(C(=O)NC(C)(C)C(F)(F)F)cc2c1=O)c1ccc2c(c1)OC(F)(F)O2. The number of hydrogen-bond donors (Lipinski definition) is 1. The Kier molecular flexibility index (Phi) is 7.51. The number of rotatable bonds is 7. The van der Waals surface area contributed by atoms with E-state index in [0.717, 1.165) is 24.6 Å². The highest BCUT2D eigenvalue weighted by molar-refractivity contribution is 5.99. The van der Waals surface area contributed by atoms with Gasteiger partial charge in [0.2, 0.25) is 5.91 Å². The number of nitriles is 1. The number of aromatic nitrogens is 2. The summed E-state index contributed by atoms with van der Waals surface area (Å²) in [5.74, 6) is -3.15. The van der Waals surface area contributed by atoms with Crippen LogP contribution in [-0.4, -0.2) is 46.1 Å². The number of amides is 2. The third kappa shape index (κ3) is 5.88. The zero-order valence-electron chi connectivity index (χ0n) is 23.7. The van der Waals surface area contributed by atoms with Crippen LogP contribution in [0.15, 0.2) is 57.7 Å². The Labute approximate surface area is 250 Å². The van der Waals surface area contributed by atoms with Gasteiger partial charge in [-0.05, 0) is 45.0 Å². The highest BCUT2D eigenvalue weighted by atomic mass is 19.4. The molecule has 5 rings (SSSR count). The molecule has 0 atom stereocenters. The van der Waals surface area contributed by atoms with Crippen LogP contribution in [0.25, 0.3) is 22.2 Å². The van der Waals surface area contributed by atoms with Crippen molar-refractivity contribution in [2.75, 3.05) is 11.4 Å². The van der Waals surface area contributed by atoms with Gasteiger partial charge in [-0.25, -0.2) is 4.68 Å². The van der Waals surface area contributed by atoms with Crippen LogP contribution < -0.4 is 25.2 Å². The maximum Gasteiger partial charge on any atom is 0.586 e. The molecule has 16 heteroatoms. The van der Waals surface area contributed by atoms with Crippen LogP contribution in [-0.2, 0) is 11.3 Å². The van der Waals surface area contributed by atoms with Gasteiger partial charge in [-0.2, -0.15) is 23.5 Å². The monoisotopic (exact) mass is 631 g/mol. The first kappa shape index (κ1) is 31.0. The van der Waals surface area contributed by atoms with E-state index in [1.54, 1.807) is 6.92 Å². The number of alkyl halides is 5. The minimum absolute atomic E-state index is 0.0357. The zero-order valence-corrected chi connectivity index (χ0v) is 23.7. The third-order valence-corrected chi connectivity index (χ3v) is 6.86. The summed E-state index contributed by atoms with van der Waals surface area (Å²) in [6, 6.07) is 12.5. The Hall–Kier alpha value is -5.46. The van der Waals surface area contributed by atoms with Crippen molar-refractivity contribution in [3.63, 3.8) is 0 Å². The van der Waals surface area contributed by atoms with Gasteiger partial charge in [-0.3, -0.25) is 14.4 Å². The van der Waals surface area contributed by atoms with Crippen molar-refractivity contribution in [3.8, 4) is 28.8 Å². The highest BCUT2D eigenvalue weighted by Crippen LogP contribution is 2.43. The fourth-order valence-corrected chi connectivity index (χ4v) is 4.46. The van der Waals surface area contributed by atoms with Gasteiger partial charge in [0, 0.05) is 29.9 Å². The molecule has 0 saturated heterocycles. The lowest BCUT2D eigenvalue weighted by Crippen LogP contribution is -2.54. The molecular weight excluding hydrogens is 609 g/mol. The fourth-order valence-electron chi connectivity index (χ4n) is 4.46. The minimum Gasteiger partial charge on any atom is -0.448 e. The van der Waals surface area contributed by atoms with Gasteiger partial charge in [-0.15, -0.1) is 8.78 Å². The number of nitrogens with one attached hydrogen (secondary N) is 1. The maximum atomic E-state index is 13.5. The second-order valence-corrected chi connectivity index (χ2v) is 10.4. The summed E-state index contributed by atoms with van der Waals surface area (Å²) in [7, 11) is 0. The molecule has 0 unspecified atom stereocenters. The van der Waals surface area contributed by atoms with Gasteiger partial charge in [0.1, 0.15) is 17.8 Å². The van der Waals surface area contributed by atoms with Crippen molar-refractivity contribution in [1.29, 1.82) is 5.26 Å². The molecule has 11 nitrogen and oxygen atoms in total. The van der Waals surface area contributed by atoms with Crippen molar-refractivity contribution in [2.45, 2.75) is 45.3 Å². The molecular formula is C29H22F5N5O6. The second-order valence-electron chi connectivity index (χ2n) is 10.4. The standard InChI is InChI=1S/C29H22F5N5O6/c1-4-38(17-8-9-19-20(11-17)45-29(33,34)44-19)22(40)14-39-26(42)18-12-21(25(41)36-27(2,3)28(30,31)32)43-24(18)23(37-39)16-7-5-6-15(10-16)13-35/h5-12H,4,14H2,1-3H3,(H,36,41). The number of fused-ring (bicyclic) bond motifs is 2. The summed E-state index contributed by atoms with van der Waals surface area (Å²) >= 11 is 0. The lowest BCUT2D eigenvalue weighted by molar-refractivity contribution is -0.286. The van der Waals surface area contributed by atoms with E-state index in [1.807, 2.05) is 11.4 Å². The van der Waals surface area contributed by atoms with Crippen LogP contribution in [0.2, 0.25) is 0 Å². The summed E-state index contributed by atoms with van der Waals surface area (Å²) in [5, 5.41) is 15.2. The number of anilines is 1. The lowest BCUT2D eigenvalue weighted by atomic mass is 10.1.